The summed E-state index contributed by atoms with van der Waals surface area (Å²) in [6.07, 6.45) is 5.50. The van der Waals surface area contributed by atoms with Crippen LogP contribution in [0.25, 0.3) is 0 Å². The Bertz CT molecular complexity index is 369. The molecule has 0 heterocycles. The summed E-state index contributed by atoms with van der Waals surface area (Å²) in [5.41, 5.74) is 1.15. The first-order valence-electron chi connectivity index (χ1n) is 7.35. The molecule has 1 N–H and O–H groups in total. The number of hydrogen-bond donors (Lipinski definition) is 1. The highest BCUT2D eigenvalue weighted by atomic mass is 35.5. The molecule has 0 atom stereocenters. The van der Waals surface area contributed by atoms with Gasteiger partial charge >= 0.3 is 0 Å². The van der Waals surface area contributed by atoms with E-state index in [1.807, 2.05) is 24.3 Å². The normalized spacial score (nSPS) is 23.6. The molecule has 1 aliphatic rings. The fourth-order valence-corrected chi connectivity index (χ4v) is 2.94. The van der Waals surface area contributed by atoms with E-state index in [1.165, 1.54) is 25.7 Å². The van der Waals surface area contributed by atoms with Gasteiger partial charge in [-0.2, -0.15) is 0 Å². The van der Waals surface area contributed by atoms with Crippen LogP contribution in [-0.2, 0) is 0 Å². The second-order valence-corrected chi connectivity index (χ2v) is 6.26. The maximum atomic E-state index is 5.87. The molecular weight excluding hydrogens is 256 g/mol. The topological polar surface area (TPSA) is 15.3 Å². The zero-order valence-electron chi connectivity index (χ0n) is 12.0. The molecule has 3 heteroatoms. The first kappa shape index (κ1) is 14.7. The molecule has 1 saturated carbocycles. The Kier molecular flexibility index (Phi) is 5.53. The van der Waals surface area contributed by atoms with Gasteiger partial charge in [-0.05, 0) is 62.9 Å². The van der Waals surface area contributed by atoms with E-state index in [9.17, 15) is 0 Å². The number of hydrogen-bond acceptors (Lipinski definition) is 2. The van der Waals surface area contributed by atoms with E-state index in [4.69, 9.17) is 11.6 Å². The molecule has 1 aliphatic carbocycles. The molecule has 0 aliphatic heterocycles. The van der Waals surface area contributed by atoms with Gasteiger partial charge in [-0.25, -0.2) is 0 Å². The Morgan fingerprint density at radius 2 is 1.79 bits per heavy atom. The van der Waals surface area contributed by atoms with E-state index in [2.05, 4.69) is 24.2 Å². The Balaban J connectivity index is 1.69. The highest BCUT2D eigenvalue weighted by Gasteiger charge is 2.21. The van der Waals surface area contributed by atoms with Crippen molar-refractivity contribution in [3.63, 3.8) is 0 Å². The average Bonchev–Trinajstić information content (AvgIpc) is 2.41. The first-order valence-corrected chi connectivity index (χ1v) is 7.72. The van der Waals surface area contributed by atoms with E-state index in [1.54, 1.807) is 0 Å². The lowest BCUT2D eigenvalue weighted by Crippen LogP contribution is -2.37. The highest BCUT2D eigenvalue weighted by Crippen LogP contribution is 2.26. The number of likely N-dealkylation sites (N-methyl/N-ethyl adjacent to an activating group) is 1. The Labute approximate surface area is 122 Å². The van der Waals surface area contributed by atoms with E-state index in [-0.39, 0.29) is 0 Å². The molecule has 0 amide bonds. The van der Waals surface area contributed by atoms with Gasteiger partial charge in [0.2, 0.25) is 0 Å². The van der Waals surface area contributed by atoms with Crippen LogP contribution in [0.5, 0.6) is 0 Å². The van der Waals surface area contributed by atoms with Crippen LogP contribution in [0.4, 0.5) is 5.69 Å². The first-order chi connectivity index (χ1) is 9.15. The standard InChI is InChI=1S/C16H25ClN2/c1-13-3-9-16(10-4-13)19(2)12-11-18-15-7-5-14(17)6-8-15/h5-8,13,16,18H,3-4,9-12H2,1-2H3. The van der Waals surface area contributed by atoms with Gasteiger partial charge in [0.05, 0.1) is 0 Å². The maximum Gasteiger partial charge on any atom is 0.0407 e. The van der Waals surface area contributed by atoms with Gasteiger partial charge in [0, 0.05) is 29.8 Å². The van der Waals surface area contributed by atoms with Gasteiger partial charge < -0.3 is 10.2 Å². The number of benzene rings is 1. The molecule has 0 spiro atoms. The molecule has 0 radical (unpaired) electrons. The lowest BCUT2D eigenvalue weighted by atomic mass is 9.87. The lowest BCUT2D eigenvalue weighted by Gasteiger charge is -2.33. The molecule has 19 heavy (non-hydrogen) atoms. The summed E-state index contributed by atoms with van der Waals surface area (Å²) < 4.78 is 0. The summed E-state index contributed by atoms with van der Waals surface area (Å²) in [5.74, 6) is 0.928. The number of anilines is 1. The zero-order chi connectivity index (χ0) is 13.7. The molecule has 1 fully saturated rings. The summed E-state index contributed by atoms with van der Waals surface area (Å²) >= 11 is 5.87. The molecule has 2 nitrogen and oxygen atoms in total. The van der Waals surface area contributed by atoms with Gasteiger partial charge in [0.25, 0.3) is 0 Å². The van der Waals surface area contributed by atoms with Gasteiger partial charge in [-0.3, -0.25) is 0 Å². The van der Waals surface area contributed by atoms with Crippen LogP contribution in [0, 0.1) is 5.92 Å². The van der Waals surface area contributed by atoms with Crippen LogP contribution >= 0.6 is 11.6 Å². The quantitative estimate of drug-likeness (QED) is 0.867. The SMILES string of the molecule is CC1CCC(N(C)CCNc2ccc(Cl)cc2)CC1. The number of nitrogens with zero attached hydrogens (tertiary/aromatic N) is 1. The van der Waals surface area contributed by atoms with Crippen molar-refractivity contribution >= 4 is 17.3 Å². The summed E-state index contributed by atoms with van der Waals surface area (Å²) in [6.45, 7) is 4.46. The second kappa shape index (κ2) is 7.16. The number of nitrogens with one attached hydrogen (secondary N) is 1. The molecule has 0 bridgehead atoms. The predicted molar refractivity (Wildman–Crippen MR) is 84.0 cm³/mol. The van der Waals surface area contributed by atoms with Gasteiger partial charge in [-0.1, -0.05) is 18.5 Å². The maximum absolute atomic E-state index is 5.87. The van der Waals surface area contributed by atoms with Crippen LogP contribution in [0.3, 0.4) is 0 Å². The predicted octanol–water partition coefficient (Wildman–Crippen LogP) is 4.26. The Morgan fingerprint density at radius 1 is 1.16 bits per heavy atom. The van der Waals surface area contributed by atoms with Gasteiger partial charge in [0.15, 0.2) is 0 Å². The largest absolute Gasteiger partial charge is 0.384 e. The second-order valence-electron chi connectivity index (χ2n) is 5.83. The smallest absolute Gasteiger partial charge is 0.0407 e. The summed E-state index contributed by atoms with van der Waals surface area (Å²) in [6, 6.07) is 8.70. The Morgan fingerprint density at radius 3 is 2.42 bits per heavy atom. The van der Waals surface area contributed by atoms with E-state index < -0.39 is 0 Å². The molecule has 1 aromatic carbocycles. The molecule has 106 valence electrons. The van der Waals surface area contributed by atoms with Crippen molar-refractivity contribution in [1.82, 2.24) is 4.90 Å². The van der Waals surface area contributed by atoms with Crippen LogP contribution in [0.15, 0.2) is 24.3 Å². The van der Waals surface area contributed by atoms with E-state index >= 15 is 0 Å². The highest BCUT2D eigenvalue weighted by molar-refractivity contribution is 6.30. The van der Waals surface area contributed by atoms with Crippen LogP contribution in [0.2, 0.25) is 5.02 Å². The number of halogens is 1. The number of rotatable bonds is 5. The van der Waals surface area contributed by atoms with Crippen molar-refractivity contribution in [3.8, 4) is 0 Å². The van der Waals surface area contributed by atoms with Crippen molar-refractivity contribution in [2.45, 2.75) is 38.6 Å². The fourth-order valence-electron chi connectivity index (χ4n) is 2.81. The summed E-state index contributed by atoms with van der Waals surface area (Å²) in [4.78, 5) is 2.51. The van der Waals surface area contributed by atoms with E-state index in [0.717, 1.165) is 35.8 Å². The fraction of sp³-hybridized carbons (Fsp3) is 0.625. The average molecular weight is 281 g/mol. The van der Waals surface area contributed by atoms with Crippen LogP contribution in [0.1, 0.15) is 32.6 Å². The minimum absolute atomic E-state index is 0.781. The van der Waals surface area contributed by atoms with Crippen molar-refractivity contribution in [2.24, 2.45) is 5.92 Å². The minimum Gasteiger partial charge on any atom is -0.384 e. The van der Waals surface area contributed by atoms with E-state index in [0.29, 0.717) is 0 Å². The Hall–Kier alpha value is -0.730. The zero-order valence-corrected chi connectivity index (χ0v) is 12.8. The van der Waals surface area contributed by atoms with Crippen LogP contribution in [-0.4, -0.2) is 31.1 Å². The summed E-state index contributed by atoms with van der Waals surface area (Å²) in [5, 5.41) is 4.24. The molecule has 1 aromatic rings. The lowest BCUT2D eigenvalue weighted by molar-refractivity contribution is 0.175. The third-order valence-corrected chi connectivity index (χ3v) is 4.50. The van der Waals surface area contributed by atoms with Crippen molar-refractivity contribution < 1.29 is 0 Å². The van der Waals surface area contributed by atoms with Crippen molar-refractivity contribution in [1.29, 1.82) is 0 Å². The molecule has 0 saturated heterocycles. The molecule has 0 aromatic heterocycles. The molecular formula is C16H25ClN2. The summed E-state index contributed by atoms with van der Waals surface area (Å²) in [7, 11) is 2.25. The van der Waals surface area contributed by atoms with Crippen molar-refractivity contribution in [3.05, 3.63) is 29.3 Å². The van der Waals surface area contributed by atoms with Crippen molar-refractivity contribution in [2.75, 3.05) is 25.5 Å². The van der Waals surface area contributed by atoms with Gasteiger partial charge in [0.1, 0.15) is 0 Å². The van der Waals surface area contributed by atoms with Gasteiger partial charge in [-0.15, -0.1) is 0 Å². The molecule has 0 unspecified atom stereocenters. The molecule has 2 rings (SSSR count). The third-order valence-electron chi connectivity index (χ3n) is 4.25. The minimum atomic E-state index is 0.781. The third kappa shape index (κ3) is 4.70. The van der Waals surface area contributed by atoms with Crippen LogP contribution < -0.4 is 5.32 Å². The monoisotopic (exact) mass is 280 g/mol.